The number of thioether (sulfide) groups is 1. The highest BCUT2D eigenvalue weighted by Crippen LogP contribution is 2.19. The smallest absolute Gasteiger partial charge is 0.237 e. The summed E-state index contributed by atoms with van der Waals surface area (Å²) in [6, 6.07) is 15.5. The zero-order valence-corrected chi connectivity index (χ0v) is 16.5. The minimum atomic E-state index is -0.457. The van der Waals surface area contributed by atoms with E-state index in [-0.39, 0.29) is 11.9 Å². The SMILES string of the molecule is CSCC[C@H](N)C(=O)NC(C)c1ccc(OCc2cccc(C)c2)cc1. The molecule has 0 bridgehead atoms. The third-order valence-electron chi connectivity index (χ3n) is 4.20. The van der Waals surface area contributed by atoms with Gasteiger partial charge in [-0.3, -0.25) is 4.79 Å². The van der Waals surface area contributed by atoms with E-state index in [0.29, 0.717) is 13.0 Å². The molecule has 2 aromatic carbocycles. The summed E-state index contributed by atoms with van der Waals surface area (Å²) in [4.78, 5) is 12.1. The van der Waals surface area contributed by atoms with Crippen molar-refractivity contribution >= 4 is 17.7 Å². The number of nitrogens with two attached hydrogens (primary N) is 1. The molecule has 0 aliphatic rings. The van der Waals surface area contributed by atoms with E-state index in [0.717, 1.165) is 22.6 Å². The van der Waals surface area contributed by atoms with Crippen LogP contribution in [0.4, 0.5) is 0 Å². The lowest BCUT2D eigenvalue weighted by Crippen LogP contribution is -2.41. The molecule has 2 rings (SSSR count). The molecule has 0 heterocycles. The number of benzene rings is 2. The topological polar surface area (TPSA) is 64.4 Å². The number of carbonyl (C=O) groups is 1. The van der Waals surface area contributed by atoms with Crippen molar-refractivity contribution in [2.75, 3.05) is 12.0 Å². The fourth-order valence-electron chi connectivity index (χ4n) is 2.60. The highest BCUT2D eigenvalue weighted by molar-refractivity contribution is 7.98. The summed E-state index contributed by atoms with van der Waals surface area (Å²) in [6.45, 7) is 4.57. The van der Waals surface area contributed by atoms with Crippen molar-refractivity contribution in [3.8, 4) is 5.75 Å². The van der Waals surface area contributed by atoms with Crippen molar-refractivity contribution in [1.29, 1.82) is 0 Å². The molecule has 0 saturated heterocycles. The molecular formula is C21H28N2O2S. The van der Waals surface area contributed by atoms with Crippen LogP contribution in [0.15, 0.2) is 48.5 Å². The minimum Gasteiger partial charge on any atom is -0.489 e. The Morgan fingerprint density at radius 1 is 1.23 bits per heavy atom. The lowest BCUT2D eigenvalue weighted by atomic mass is 10.1. The van der Waals surface area contributed by atoms with E-state index in [4.69, 9.17) is 10.5 Å². The Kier molecular flexibility index (Phi) is 8.01. The third kappa shape index (κ3) is 6.39. The van der Waals surface area contributed by atoms with Crippen molar-refractivity contribution in [1.82, 2.24) is 5.32 Å². The molecule has 2 atom stereocenters. The Morgan fingerprint density at radius 3 is 2.62 bits per heavy atom. The van der Waals surface area contributed by atoms with Gasteiger partial charge in [0.05, 0.1) is 12.1 Å². The average molecular weight is 373 g/mol. The third-order valence-corrected chi connectivity index (χ3v) is 4.84. The lowest BCUT2D eigenvalue weighted by Gasteiger charge is -2.18. The quantitative estimate of drug-likeness (QED) is 0.702. The molecule has 0 radical (unpaired) electrons. The van der Waals surface area contributed by atoms with Crippen molar-refractivity contribution < 1.29 is 9.53 Å². The molecule has 0 aliphatic carbocycles. The van der Waals surface area contributed by atoms with Crippen LogP contribution < -0.4 is 15.8 Å². The van der Waals surface area contributed by atoms with Gasteiger partial charge in [0.1, 0.15) is 12.4 Å². The van der Waals surface area contributed by atoms with Gasteiger partial charge in [0.2, 0.25) is 5.91 Å². The Morgan fingerprint density at radius 2 is 1.96 bits per heavy atom. The summed E-state index contributed by atoms with van der Waals surface area (Å²) in [5.74, 6) is 1.59. The number of carbonyl (C=O) groups excluding carboxylic acids is 1. The molecule has 4 nitrogen and oxygen atoms in total. The lowest BCUT2D eigenvalue weighted by molar-refractivity contribution is -0.123. The van der Waals surface area contributed by atoms with Crippen molar-refractivity contribution in [2.24, 2.45) is 5.73 Å². The molecule has 0 saturated carbocycles. The minimum absolute atomic E-state index is 0.0892. The molecule has 1 amide bonds. The fraction of sp³-hybridized carbons (Fsp3) is 0.381. The van der Waals surface area contributed by atoms with Gasteiger partial charge in [0.25, 0.3) is 0 Å². The van der Waals surface area contributed by atoms with Crippen LogP contribution in [0, 0.1) is 6.92 Å². The van der Waals surface area contributed by atoms with Crippen LogP contribution in [0.3, 0.4) is 0 Å². The Balaban J connectivity index is 1.86. The van der Waals surface area contributed by atoms with Crippen LogP contribution in [0.1, 0.15) is 36.1 Å². The van der Waals surface area contributed by atoms with Crippen LogP contribution in [0.5, 0.6) is 5.75 Å². The number of amides is 1. The fourth-order valence-corrected chi connectivity index (χ4v) is 3.09. The molecule has 3 N–H and O–H groups in total. The summed E-state index contributed by atoms with van der Waals surface area (Å²) >= 11 is 1.69. The van der Waals surface area contributed by atoms with Gasteiger partial charge in [-0.05, 0) is 55.5 Å². The summed E-state index contributed by atoms with van der Waals surface area (Å²) in [5, 5.41) is 2.97. The van der Waals surface area contributed by atoms with E-state index in [2.05, 4.69) is 30.4 Å². The maximum atomic E-state index is 12.1. The van der Waals surface area contributed by atoms with Gasteiger partial charge in [-0.1, -0.05) is 42.0 Å². The van der Waals surface area contributed by atoms with Gasteiger partial charge in [-0.25, -0.2) is 0 Å². The molecule has 0 aromatic heterocycles. The molecule has 5 heteroatoms. The van der Waals surface area contributed by atoms with Crippen molar-refractivity contribution in [3.63, 3.8) is 0 Å². The molecular weight excluding hydrogens is 344 g/mol. The van der Waals surface area contributed by atoms with Gasteiger partial charge in [-0.15, -0.1) is 0 Å². The summed E-state index contributed by atoms with van der Waals surface area (Å²) in [5.41, 5.74) is 9.31. The number of rotatable bonds is 9. The zero-order chi connectivity index (χ0) is 18.9. The van der Waals surface area contributed by atoms with Crippen molar-refractivity contribution in [3.05, 3.63) is 65.2 Å². The second-order valence-electron chi connectivity index (χ2n) is 6.47. The normalized spacial score (nSPS) is 13.1. The Hall–Kier alpha value is -1.98. The zero-order valence-electron chi connectivity index (χ0n) is 15.7. The Labute approximate surface area is 160 Å². The van der Waals surface area contributed by atoms with E-state index < -0.39 is 6.04 Å². The molecule has 1 unspecified atom stereocenters. The van der Waals surface area contributed by atoms with E-state index in [1.54, 1.807) is 11.8 Å². The highest BCUT2D eigenvalue weighted by Gasteiger charge is 2.16. The Bertz CT molecular complexity index is 703. The standard InChI is InChI=1S/C21H28N2O2S/c1-15-5-4-6-17(13-15)14-25-19-9-7-18(8-10-19)16(2)23-21(24)20(22)11-12-26-3/h4-10,13,16,20H,11-12,14,22H2,1-3H3,(H,23,24)/t16?,20-/m0/s1. The predicted molar refractivity (Wildman–Crippen MR) is 109 cm³/mol. The maximum absolute atomic E-state index is 12.1. The van der Waals surface area contributed by atoms with E-state index in [9.17, 15) is 4.79 Å². The first-order valence-electron chi connectivity index (χ1n) is 8.83. The molecule has 0 aliphatic heterocycles. The van der Waals surface area contributed by atoms with Crippen molar-refractivity contribution in [2.45, 2.75) is 39.0 Å². The number of nitrogens with one attached hydrogen (secondary N) is 1. The monoisotopic (exact) mass is 372 g/mol. The van der Waals surface area contributed by atoms with Gasteiger partial charge < -0.3 is 15.8 Å². The second-order valence-corrected chi connectivity index (χ2v) is 7.45. The van der Waals surface area contributed by atoms with E-state index in [1.807, 2.05) is 43.5 Å². The average Bonchev–Trinajstić information content (AvgIpc) is 2.64. The molecule has 2 aromatic rings. The summed E-state index contributed by atoms with van der Waals surface area (Å²) < 4.78 is 5.84. The molecule has 26 heavy (non-hydrogen) atoms. The van der Waals surface area contributed by atoms with Gasteiger partial charge >= 0.3 is 0 Å². The van der Waals surface area contributed by atoms with Gasteiger partial charge in [-0.2, -0.15) is 11.8 Å². The molecule has 140 valence electrons. The van der Waals surface area contributed by atoms with Gasteiger partial charge in [0, 0.05) is 0 Å². The molecule has 0 spiro atoms. The summed E-state index contributed by atoms with van der Waals surface area (Å²) in [6.07, 6.45) is 2.70. The largest absolute Gasteiger partial charge is 0.489 e. The summed E-state index contributed by atoms with van der Waals surface area (Å²) in [7, 11) is 0. The number of hydrogen-bond donors (Lipinski definition) is 2. The first-order chi connectivity index (χ1) is 12.5. The number of ether oxygens (including phenoxy) is 1. The second kappa shape index (κ2) is 10.2. The molecule has 0 fully saturated rings. The van der Waals surface area contributed by atoms with E-state index in [1.165, 1.54) is 5.56 Å². The predicted octanol–water partition coefficient (Wildman–Crippen LogP) is 3.83. The highest BCUT2D eigenvalue weighted by atomic mass is 32.2. The number of aryl methyl sites for hydroxylation is 1. The van der Waals surface area contributed by atoms with Crippen LogP contribution in [-0.4, -0.2) is 24.0 Å². The van der Waals surface area contributed by atoms with E-state index >= 15 is 0 Å². The van der Waals surface area contributed by atoms with Crippen LogP contribution in [0.25, 0.3) is 0 Å². The maximum Gasteiger partial charge on any atom is 0.237 e. The van der Waals surface area contributed by atoms with Crippen LogP contribution >= 0.6 is 11.8 Å². The van der Waals surface area contributed by atoms with Crippen LogP contribution in [-0.2, 0) is 11.4 Å². The first kappa shape index (κ1) is 20.3. The van der Waals surface area contributed by atoms with Crippen LogP contribution in [0.2, 0.25) is 0 Å². The number of hydrogen-bond acceptors (Lipinski definition) is 4. The first-order valence-corrected chi connectivity index (χ1v) is 10.2. The van der Waals surface area contributed by atoms with Gasteiger partial charge in [0.15, 0.2) is 0 Å².